The summed E-state index contributed by atoms with van der Waals surface area (Å²) in [5, 5.41) is 19.2. The lowest BCUT2D eigenvalue weighted by Gasteiger charge is -2.18. The fraction of sp³-hybridized carbons (Fsp3) is 0.263. The first-order chi connectivity index (χ1) is 11.8. The molecule has 128 valence electrons. The minimum Gasteiger partial charge on any atom is -0.416 e. The molecule has 0 aliphatic carbocycles. The summed E-state index contributed by atoms with van der Waals surface area (Å²) in [5.74, 6) is 0.650. The minimum absolute atomic E-state index is 0.0341. The van der Waals surface area contributed by atoms with Crippen LogP contribution in [-0.2, 0) is 5.41 Å². The summed E-state index contributed by atoms with van der Waals surface area (Å²) in [4.78, 5) is 10.7. The van der Waals surface area contributed by atoms with Gasteiger partial charge in [-0.3, -0.25) is 10.1 Å². The van der Waals surface area contributed by atoms with Gasteiger partial charge in [0.05, 0.1) is 4.92 Å². The molecule has 0 radical (unpaired) electrons. The zero-order valence-corrected chi connectivity index (χ0v) is 14.6. The van der Waals surface area contributed by atoms with Gasteiger partial charge in [-0.25, -0.2) is 0 Å². The average Bonchev–Trinajstić information content (AvgIpc) is 3.04. The first-order valence-electron chi connectivity index (χ1n) is 7.95. The SMILES string of the molecule is Cc1ccc(-c2nnc(-c3ccc(C(C)(C)C)cc3)o2)cc1[N+](=O)[O-]. The molecule has 3 aromatic rings. The molecule has 1 heterocycles. The van der Waals surface area contributed by atoms with Crippen molar-refractivity contribution in [1.82, 2.24) is 10.2 Å². The third-order valence-electron chi connectivity index (χ3n) is 4.08. The molecule has 6 heteroatoms. The van der Waals surface area contributed by atoms with Crippen molar-refractivity contribution in [2.24, 2.45) is 0 Å². The van der Waals surface area contributed by atoms with Crippen molar-refractivity contribution in [3.63, 3.8) is 0 Å². The second-order valence-corrected chi connectivity index (χ2v) is 7.00. The van der Waals surface area contributed by atoms with Gasteiger partial charge in [0.2, 0.25) is 11.8 Å². The molecular weight excluding hydrogens is 318 g/mol. The molecule has 0 aliphatic heterocycles. The van der Waals surface area contributed by atoms with Crippen LogP contribution in [0.5, 0.6) is 0 Å². The zero-order valence-electron chi connectivity index (χ0n) is 14.6. The van der Waals surface area contributed by atoms with Crippen LogP contribution in [-0.4, -0.2) is 15.1 Å². The molecule has 25 heavy (non-hydrogen) atoms. The van der Waals surface area contributed by atoms with E-state index >= 15 is 0 Å². The first kappa shape index (κ1) is 16.8. The maximum absolute atomic E-state index is 11.1. The predicted octanol–water partition coefficient (Wildman–Crippen LogP) is 4.92. The molecule has 0 bridgehead atoms. The van der Waals surface area contributed by atoms with E-state index in [4.69, 9.17) is 4.42 Å². The highest BCUT2D eigenvalue weighted by Gasteiger charge is 2.17. The van der Waals surface area contributed by atoms with E-state index in [2.05, 4.69) is 31.0 Å². The number of hydrogen-bond acceptors (Lipinski definition) is 5. The van der Waals surface area contributed by atoms with Crippen molar-refractivity contribution < 1.29 is 9.34 Å². The van der Waals surface area contributed by atoms with E-state index in [1.807, 2.05) is 24.3 Å². The van der Waals surface area contributed by atoms with Crippen molar-refractivity contribution in [2.75, 3.05) is 0 Å². The maximum atomic E-state index is 11.1. The molecule has 0 saturated heterocycles. The van der Waals surface area contributed by atoms with Crippen LogP contribution in [0.1, 0.15) is 31.9 Å². The van der Waals surface area contributed by atoms with Gasteiger partial charge in [-0.2, -0.15) is 0 Å². The van der Waals surface area contributed by atoms with Crippen LogP contribution >= 0.6 is 0 Å². The number of benzene rings is 2. The van der Waals surface area contributed by atoms with E-state index in [1.54, 1.807) is 19.1 Å². The summed E-state index contributed by atoms with van der Waals surface area (Å²) in [7, 11) is 0. The van der Waals surface area contributed by atoms with Crippen LogP contribution in [0.15, 0.2) is 46.9 Å². The third kappa shape index (κ3) is 3.42. The van der Waals surface area contributed by atoms with Crippen molar-refractivity contribution in [1.29, 1.82) is 0 Å². The number of aromatic nitrogens is 2. The van der Waals surface area contributed by atoms with Crippen molar-refractivity contribution in [3.05, 3.63) is 63.7 Å². The second-order valence-electron chi connectivity index (χ2n) is 7.00. The fourth-order valence-electron chi connectivity index (χ4n) is 2.51. The van der Waals surface area contributed by atoms with Crippen molar-refractivity contribution >= 4 is 5.69 Å². The molecule has 0 N–H and O–H groups in total. The number of hydrogen-bond donors (Lipinski definition) is 0. The lowest BCUT2D eigenvalue weighted by Crippen LogP contribution is -2.10. The molecular formula is C19H19N3O3. The topological polar surface area (TPSA) is 82.1 Å². The number of nitrogens with zero attached hydrogens (tertiary/aromatic N) is 3. The summed E-state index contributed by atoms with van der Waals surface area (Å²) >= 11 is 0. The highest BCUT2D eigenvalue weighted by atomic mass is 16.6. The van der Waals surface area contributed by atoms with Gasteiger partial charge in [-0.15, -0.1) is 10.2 Å². The molecule has 0 amide bonds. The standard InChI is InChI=1S/C19H19N3O3/c1-12-5-6-14(11-16(12)22(23)24)18-21-20-17(25-18)13-7-9-15(10-8-13)19(2,3)4/h5-11H,1-4H3. The predicted molar refractivity (Wildman–Crippen MR) is 95.3 cm³/mol. The first-order valence-corrected chi connectivity index (χ1v) is 7.95. The van der Waals surface area contributed by atoms with E-state index in [-0.39, 0.29) is 17.0 Å². The summed E-state index contributed by atoms with van der Waals surface area (Å²) in [6.07, 6.45) is 0. The Hall–Kier alpha value is -3.02. The molecule has 0 atom stereocenters. The lowest BCUT2D eigenvalue weighted by molar-refractivity contribution is -0.385. The number of nitro groups is 1. The van der Waals surface area contributed by atoms with Crippen LogP contribution in [0.2, 0.25) is 0 Å². The molecule has 6 nitrogen and oxygen atoms in total. The normalized spacial score (nSPS) is 11.5. The summed E-state index contributed by atoms with van der Waals surface area (Å²) < 4.78 is 5.71. The minimum atomic E-state index is -0.415. The number of nitro benzene ring substituents is 1. The quantitative estimate of drug-likeness (QED) is 0.500. The molecule has 0 spiro atoms. The monoisotopic (exact) mass is 337 g/mol. The molecule has 0 unspecified atom stereocenters. The van der Waals surface area contributed by atoms with E-state index in [0.29, 0.717) is 17.0 Å². The van der Waals surface area contributed by atoms with Gasteiger partial charge in [0.1, 0.15) is 0 Å². The Kier molecular flexibility index (Phi) is 4.12. The van der Waals surface area contributed by atoms with Gasteiger partial charge in [0.15, 0.2) is 0 Å². The summed E-state index contributed by atoms with van der Waals surface area (Å²) in [6, 6.07) is 12.8. The smallest absolute Gasteiger partial charge is 0.273 e. The average molecular weight is 337 g/mol. The Morgan fingerprint density at radius 1 is 0.960 bits per heavy atom. The third-order valence-corrected chi connectivity index (χ3v) is 4.08. The zero-order chi connectivity index (χ0) is 18.2. The van der Waals surface area contributed by atoms with Crippen molar-refractivity contribution in [3.8, 4) is 22.9 Å². The van der Waals surface area contributed by atoms with Gasteiger partial charge in [-0.05, 0) is 36.1 Å². The maximum Gasteiger partial charge on any atom is 0.273 e. The van der Waals surface area contributed by atoms with Gasteiger partial charge in [0.25, 0.3) is 5.69 Å². The molecule has 1 aromatic heterocycles. The molecule has 3 rings (SSSR count). The number of rotatable bonds is 3. The van der Waals surface area contributed by atoms with E-state index in [9.17, 15) is 10.1 Å². The Bertz CT molecular complexity index is 922. The van der Waals surface area contributed by atoms with Crippen LogP contribution in [0.4, 0.5) is 5.69 Å². The highest BCUT2D eigenvalue weighted by Crippen LogP contribution is 2.29. The second kappa shape index (κ2) is 6.12. The summed E-state index contributed by atoms with van der Waals surface area (Å²) in [6.45, 7) is 8.14. The Labute approximate surface area is 145 Å². The Morgan fingerprint density at radius 2 is 1.52 bits per heavy atom. The molecule has 0 fully saturated rings. The molecule has 0 aliphatic rings. The van der Waals surface area contributed by atoms with E-state index in [0.717, 1.165) is 5.56 Å². The largest absolute Gasteiger partial charge is 0.416 e. The molecule has 0 saturated carbocycles. The number of aryl methyl sites for hydroxylation is 1. The summed E-state index contributed by atoms with van der Waals surface area (Å²) in [5.41, 5.74) is 3.25. The van der Waals surface area contributed by atoms with Crippen LogP contribution < -0.4 is 0 Å². The Balaban J connectivity index is 1.93. The van der Waals surface area contributed by atoms with Crippen molar-refractivity contribution in [2.45, 2.75) is 33.1 Å². The molecule has 2 aromatic carbocycles. The van der Waals surface area contributed by atoms with Gasteiger partial charge < -0.3 is 4.42 Å². The Morgan fingerprint density at radius 3 is 2.08 bits per heavy atom. The van der Waals surface area contributed by atoms with Gasteiger partial charge in [-0.1, -0.05) is 39.0 Å². The fourth-order valence-corrected chi connectivity index (χ4v) is 2.51. The van der Waals surface area contributed by atoms with Crippen LogP contribution in [0.25, 0.3) is 22.9 Å². The van der Waals surface area contributed by atoms with E-state index < -0.39 is 4.92 Å². The lowest BCUT2D eigenvalue weighted by atomic mass is 9.87. The highest BCUT2D eigenvalue weighted by molar-refractivity contribution is 5.62. The van der Waals surface area contributed by atoms with E-state index in [1.165, 1.54) is 11.6 Å². The van der Waals surface area contributed by atoms with Gasteiger partial charge in [0, 0.05) is 22.8 Å². The van der Waals surface area contributed by atoms with Gasteiger partial charge >= 0.3 is 0 Å². The van der Waals surface area contributed by atoms with Crippen LogP contribution in [0, 0.1) is 17.0 Å². The van der Waals surface area contributed by atoms with Crippen LogP contribution in [0.3, 0.4) is 0 Å².